The summed E-state index contributed by atoms with van der Waals surface area (Å²) in [6.07, 6.45) is 1.66. The largest absolute Gasteiger partial charge is 0.336 e. The number of hydrogen-bond donors (Lipinski definition) is 2. The number of pyridine rings is 1. The number of amides is 2. The summed E-state index contributed by atoms with van der Waals surface area (Å²) in [7, 11) is 4.01. The molecule has 0 radical (unpaired) electrons. The van der Waals surface area contributed by atoms with E-state index in [4.69, 9.17) is 0 Å². The zero-order chi connectivity index (χ0) is 15.2. The maximum absolute atomic E-state index is 12.0. The fraction of sp³-hybridized carbons (Fsp3) is 0.333. The third-order valence-electron chi connectivity index (χ3n) is 3.19. The molecule has 2 N–H and O–H groups in total. The highest BCUT2D eigenvalue weighted by atomic mass is 32.1. The van der Waals surface area contributed by atoms with Crippen LogP contribution in [0.1, 0.15) is 16.5 Å². The Balaban J connectivity index is 1.92. The molecule has 6 heteroatoms. The van der Waals surface area contributed by atoms with Crippen LogP contribution in [0.2, 0.25) is 0 Å². The zero-order valence-electron chi connectivity index (χ0n) is 12.5. The van der Waals surface area contributed by atoms with Crippen LogP contribution in [-0.2, 0) is 0 Å². The van der Waals surface area contributed by atoms with Crippen LogP contribution < -0.4 is 10.6 Å². The van der Waals surface area contributed by atoms with Gasteiger partial charge >= 0.3 is 6.03 Å². The molecule has 1 unspecified atom stereocenters. The number of nitrogens with zero attached hydrogens (tertiary/aromatic N) is 2. The molecule has 2 amide bonds. The zero-order valence-corrected chi connectivity index (χ0v) is 13.3. The number of carbonyl (C=O) groups excluding carboxylic acids is 1. The highest BCUT2D eigenvalue weighted by Crippen LogP contribution is 2.22. The number of anilines is 1. The van der Waals surface area contributed by atoms with Gasteiger partial charge in [-0.1, -0.05) is 12.1 Å². The Kier molecular flexibility index (Phi) is 5.30. The van der Waals surface area contributed by atoms with E-state index in [1.54, 1.807) is 17.5 Å². The molecular weight excluding hydrogens is 284 g/mol. The molecule has 2 heterocycles. The van der Waals surface area contributed by atoms with Gasteiger partial charge in [0.05, 0.1) is 6.04 Å². The van der Waals surface area contributed by atoms with Gasteiger partial charge in [-0.15, -0.1) is 11.3 Å². The van der Waals surface area contributed by atoms with Gasteiger partial charge in [0.2, 0.25) is 0 Å². The Morgan fingerprint density at radius 2 is 2.19 bits per heavy atom. The first-order valence-electron chi connectivity index (χ1n) is 6.74. The average Bonchev–Trinajstić information content (AvgIpc) is 2.95. The Hall–Kier alpha value is -1.92. The normalized spacial score (nSPS) is 12.2. The van der Waals surface area contributed by atoms with Crippen LogP contribution >= 0.6 is 11.3 Å². The molecular formula is C15H20N4OS. The monoisotopic (exact) mass is 304 g/mol. The number of rotatable bonds is 5. The van der Waals surface area contributed by atoms with Crippen molar-refractivity contribution in [2.75, 3.05) is 26.0 Å². The van der Waals surface area contributed by atoms with Gasteiger partial charge in [0.25, 0.3) is 0 Å². The van der Waals surface area contributed by atoms with E-state index in [0.717, 1.165) is 5.56 Å². The summed E-state index contributed by atoms with van der Waals surface area (Å²) in [6.45, 7) is 2.46. The van der Waals surface area contributed by atoms with Crippen LogP contribution in [0, 0.1) is 6.92 Å². The van der Waals surface area contributed by atoms with Gasteiger partial charge in [0, 0.05) is 17.6 Å². The second kappa shape index (κ2) is 7.19. The number of carbonyl (C=O) groups is 1. The molecule has 5 nitrogen and oxygen atoms in total. The average molecular weight is 304 g/mol. The van der Waals surface area contributed by atoms with Crippen LogP contribution in [0.5, 0.6) is 0 Å². The Morgan fingerprint density at radius 3 is 2.81 bits per heavy atom. The van der Waals surface area contributed by atoms with Crippen LogP contribution in [0.15, 0.2) is 35.8 Å². The lowest BCUT2D eigenvalue weighted by atomic mass is 10.2. The fourth-order valence-corrected chi connectivity index (χ4v) is 2.90. The van der Waals surface area contributed by atoms with Gasteiger partial charge < -0.3 is 10.2 Å². The van der Waals surface area contributed by atoms with E-state index in [9.17, 15) is 4.79 Å². The van der Waals surface area contributed by atoms with Gasteiger partial charge in [0.1, 0.15) is 5.82 Å². The first kappa shape index (κ1) is 15.5. The minimum atomic E-state index is -0.236. The van der Waals surface area contributed by atoms with Crippen LogP contribution in [-0.4, -0.2) is 36.6 Å². The SMILES string of the molecule is Cc1cccnc1NC(=O)NCC(c1cccs1)N(C)C. The van der Waals surface area contributed by atoms with E-state index in [-0.39, 0.29) is 12.1 Å². The standard InChI is InChI=1S/C15H20N4OS/c1-11-6-4-8-16-14(11)18-15(20)17-10-12(19(2)3)13-7-5-9-21-13/h4-9,12H,10H2,1-3H3,(H2,16,17,18,20). The maximum Gasteiger partial charge on any atom is 0.320 e. The predicted octanol–water partition coefficient (Wildman–Crippen LogP) is 2.88. The van der Waals surface area contributed by atoms with Crippen molar-refractivity contribution in [3.63, 3.8) is 0 Å². The summed E-state index contributed by atoms with van der Waals surface area (Å²) in [5, 5.41) is 7.72. The number of hydrogen-bond acceptors (Lipinski definition) is 4. The lowest BCUT2D eigenvalue weighted by Crippen LogP contribution is -2.36. The van der Waals surface area contributed by atoms with Gasteiger partial charge in [0.15, 0.2) is 0 Å². The summed E-state index contributed by atoms with van der Waals surface area (Å²) in [5.41, 5.74) is 0.940. The van der Waals surface area contributed by atoms with Gasteiger partial charge in [-0.25, -0.2) is 9.78 Å². The summed E-state index contributed by atoms with van der Waals surface area (Å²) in [5.74, 6) is 0.590. The lowest BCUT2D eigenvalue weighted by Gasteiger charge is -2.23. The summed E-state index contributed by atoms with van der Waals surface area (Å²) >= 11 is 1.69. The number of aromatic nitrogens is 1. The van der Waals surface area contributed by atoms with Crippen molar-refractivity contribution >= 4 is 23.2 Å². The number of nitrogens with one attached hydrogen (secondary N) is 2. The van der Waals surface area contributed by atoms with Crippen LogP contribution in [0.3, 0.4) is 0 Å². The quantitative estimate of drug-likeness (QED) is 0.893. The van der Waals surface area contributed by atoms with Gasteiger partial charge in [-0.3, -0.25) is 5.32 Å². The van der Waals surface area contributed by atoms with E-state index in [0.29, 0.717) is 12.4 Å². The summed E-state index contributed by atoms with van der Waals surface area (Å²) in [6, 6.07) is 7.79. The number of likely N-dealkylation sites (N-methyl/N-ethyl adjacent to an activating group) is 1. The Bertz CT molecular complexity index is 583. The van der Waals surface area contributed by atoms with Crippen molar-refractivity contribution in [3.05, 3.63) is 46.3 Å². The van der Waals surface area contributed by atoms with E-state index in [1.807, 2.05) is 44.6 Å². The molecule has 0 aliphatic rings. The molecule has 0 bridgehead atoms. The smallest absolute Gasteiger partial charge is 0.320 e. The highest BCUT2D eigenvalue weighted by molar-refractivity contribution is 7.10. The Labute approximate surface area is 129 Å². The Morgan fingerprint density at radius 1 is 1.38 bits per heavy atom. The molecule has 0 aliphatic carbocycles. The minimum absolute atomic E-state index is 0.167. The first-order chi connectivity index (χ1) is 10.1. The predicted molar refractivity (Wildman–Crippen MR) is 86.7 cm³/mol. The number of urea groups is 1. The molecule has 0 aromatic carbocycles. The molecule has 112 valence electrons. The van der Waals surface area contributed by atoms with E-state index in [2.05, 4.69) is 26.6 Å². The molecule has 2 aromatic rings. The third kappa shape index (κ3) is 4.27. The molecule has 21 heavy (non-hydrogen) atoms. The molecule has 2 rings (SSSR count). The highest BCUT2D eigenvalue weighted by Gasteiger charge is 2.16. The molecule has 0 fully saturated rings. The topological polar surface area (TPSA) is 57.3 Å². The van der Waals surface area contributed by atoms with Crippen molar-refractivity contribution in [2.45, 2.75) is 13.0 Å². The maximum atomic E-state index is 12.0. The van der Waals surface area contributed by atoms with Crippen LogP contribution in [0.25, 0.3) is 0 Å². The van der Waals surface area contributed by atoms with Crippen molar-refractivity contribution in [1.82, 2.24) is 15.2 Å². The van der Waals surface area contributed by atoms with Gasteiger partial charge in [-0.05, 0) is 44.1 Å². The molecule has 0 saturated carbocycles. The summed E-state index contributed by atoms with van der Waals surface area (Å²) < 4.78 is 0. The fourth-order valence-electron chi connectivity index (χ4n) is 1.98. The third-order valence-corrected chi connectivity index (χ3v) is 4.17. The molecule has 0 spiro atoms. The summed E-state index contributed by atoms with van der Waals surface area (Å²) in [4.78, 5) is 19.5. The van der Waals surface area contributed by atoms with Crippen molar-refractivity contribution in [3.8, 4) is 0 Å². The number of aryl methyl sites for hydroxylation is 1. The van der Waals surface area contributed by atoms with E-state index >= 15 is 0 Å². The van der Waals surface area contributed by atoms with Crippen molar-refractivity contribution in [2.24, 2.45) is 0 Å². The van der Waals surface area contributed by atoms with Crippen LogP contribution in [0.4, 0.5) is 10.6 Å². The van der Waals surface area contributed by atoms with Crippen molar-refractivity contribution < 1.29 is 4.79 Å². The lowest BCUT2D eigenvalue weighted by molar-refractivity contribution is 0.244. The molecule has 0 saturated heterocycles. The second-order valence-corrected chi connectivity index (χ2v) is 5.98. The number of thiophene rings is 1. The van der Waals surface area contributed by atoms with E-state index < -0.39 is 0 Å². The molecule has 0 aliphatic heterocycles. The van der Waals surface area contributed by atoms with Gasteiger partial charge in [-0.2, -0.15) is 0 Å². The molecule has 1 atom stereocenters. The first-order valence-corrected chi connectivity index (χ1v) is 7.62. The van der Waals surface area contributed by atoms with Crippen molar-refractivity contribution in [1.29, 1.82) is 0 Å². The van der Waals surface area contributed by atoms with E-state index in [1.165, 1.54) is 4.88 Å². The molecule has 2 aromatic heterocycles. The second-order valence-electron chi connectivity index (χ2n) is 5.00. The minimum Gasteiger partial charge on any atom is -0.336 e.